The molecule has 179 valence electrons. The van der Waals surface area contributed by atoms with Crippen LogP contribution in [0.5, 0.6) is 11.5 Å². The summed E-state index contributed by atoms with van der Waals surface area (Å²) in [5.41, 5.74) is 0. The van der Waals surface area contributed by atoms with Gasteiger partial charge in [-0.25, -0.2) is 0 Å². The minimum atomic E-state index is -4.60. The first kappa shape index (κ1) is 27.8. The molecule has 0 radical (unpaired) electrons. The Morgan fingerprint density at radius 1 is 0.800 bits per heavy atom. The number of hydrogen-bond acceptors (Lipinski definition) is 2. The first-order valence-electron chi connectivity index (χ1n) is 9.00. The van der Waals surface area contributed by atoms with Crippen LogP contribution in [0.3, 0.4) is 0 Å². The Bertz CT molecular complexity index is 673. The van der Waals surface area contributed by atoms with E-state index in [0.717, 1.165) is 6.07 Å². The molecule has 11 heteroatoms. The zero-order valence-corrected chi connectivity index (χ0v) is 20.8. The molecule has 0 aliphatic carbocycles. The van der Waals surface area contributed by atoms with Crippen molar-refractivity contribution >= 4 is 24.2 Å². The van der Waals surface area contributed by atoms with Crippen molar-refractivity contribution in [2.24, 2.45) is 0 Å². The van der Waals surface area contributed by atoms with Crippen molar-refractivity contribution in [1.29, 1.82) is 0 Å². The first-order valence-corrected chi connectivity index (χ1v) is 12.4. The molecule has 1 aromatic carbocycles. The van der Waals surface area contributed by atoms with Gasteiger partial charge in [0.2, 0.25) is 0 Å². The second-order valence-electron chi connectivity index (χ2n) is 9.08. The van der Waals surface area contributed by atoms with Gasteiger partial charge in [-0.15, -0.1) is 0 Å². The number of ether oxygens (including phenoxy) is 2. The fourth-order valence-corrected chi connectivity index (χ4v) is 17.3. The van der Waals surface area contributed by atoms with Gasteiger partial charge in [-0.1, -0.05) is 0 Å². The van der Waals surface area contributed by atoms with E-state index >= 15 is 0 Å². The fraction of sp³-hybridized carbons (Fsp3) is 0.684. The molecule has 0 saturated carbocycles. The van der Waals surface area contributed by atoms with E-state index in [-0.39, 0.29) is 11.5 Å². The van der Waals surface area contributed by atoms with Crippen LogP contribution in [0.25, 0.3) is 0 Å². The van der Waals surface area contributed by atoms with Crippen molar-refractivity contribution in [2.45, 2.75) is 67.8 Å². The molecule has 0 saturated heterocycles. The molecule has 0 aromatic heterocycles. The van der Waals surface area contributed by atoms with Gasteiger partial charge in [0, 0.05) is 0 Å². The average Bonchev–Trinajstić information content (AvgIpc) is 2.46. The van der Waals surface area contributed by atoms with Crippen LogP contribution in [0, 0.1) is 0 Å². The van der Waals surface area contributed by atoms with Gasteiger partial charge in [0.05, 0.1) is 0 Å². The predicted molar refractivity (Wildman–Crippen MR) is 107 cm³/mol. The van der Waals surface area contributed by atoms with Gasteiger partial charge < -0.3 is 0 Å². The summed E-state index contributed by atoms with van der Waals surface area (Å²) in [6.07, 6.45) is -9.20. The summed E-state index contributed by atoms with van der Waals surface area (Å²) in [7, 11) is -2.89. The molecule has 1 aromatic rings. The molecule has 0 amide bonds. The number of benzene rings is 1. The number of hydrogen-bond donors (Lipinski definition) is 0. The molecular formula is C19H27ClF6O2PPd. The van der Waals surface area contributed by atoms with Gasteiger partial charge in [-0.05, 0) is 0 Å². The summed E-state index contributed by atoms with van der Waals surface area (Å²) in [5.74, 6) is -0.441. The van der Waals surface area contributed by atoms with E-state index in [1.54, 1.807) is 0 Å². The second-order valence-corrected chi connectivity index (χ2v) is 17.8. The molecule has 0 aliphatic heterocycles. The zero-order chi connectivity index (χ0) is 23.8. The van der Waals surface area contributed by atoms with Crippen molar-refractivity contribution < 1.29 is 55.0 Å². The minimum absolute atomic E-state index is 0.221. The monoisotopic (exact) mass is 573 g/mol. The Morgan fingerprint density at radius 2 is 1.13 bits per heavy atom. The van der Waals surface area contributed by atoms with E-state index in [1.807, 2.05) is 41.5 Å². The van der Waals surface area contributed by atoms with Crippen molar-refractivity contribution in [3.05, 3.63) is 18.2 Å². The fourth-order valence-electron chi connectivity index (χ4n) is 4.00. The van der Waals surface area contributed by atoms with Gasteiger partial charge in [0.1, 0.15) is 0 Å². The van der Waals surface area contributed by atoms with E-state index in [1.165, 1.54) is 12.1 Å². The van der Waals surface area contributed by atoms with Crippen molar-refractivity contribution in [3.63, 3.8) is 0 Å². The number of alkyl halides is 7. The summed E-state index contributed by atoms with van der Waals surface area (Å²) >= 11 is 9.81. The van der Waals surface area contributed by atoms with Crippen LogP contribution < -0.4 is 14.8 Å². The van der Waals surface area contributed by atoms with Crippen LogP contribution in [0.1, 0.15) is 41.5 Å². The molecular weight excluding hydrogens is 547 g/mol. The molecule has 0 aliphatic rings. The maximum absolute atomic E-state index is 12.7. The Balaban J connectivity index is 3.69. The topological polar surface area (TPSA) is 18.5 Å². The van der Waals surface area contributed by atoms with Crippen LogP contribution in [0.4, 0.5) is 26.3 Å². The summed E-state index contributed by atoms with van der Waals surface area (Å²) in [5, 5.41) is -0.285. The van der Waals surface area contributed by atoms with Gasteiger partial charge in [-0.2, -0.15) is 0 Å². The predicted octanol–water partition coefficient (Wildman–Crippen LogP) is 6.61. The van der Waals surface area contributed by atoms with Crippen LogP contribution in [-0.4, -0.2) is 39.5 Å². The first-order chi connectivity index (χ1) is 13.2. The van der Waals surface area contributed by atoms with E-state index < -0.39 is 46.7 Å². The molecule has 0 N–H and O–H groups in total. The average molecular weight is 574 g/mol. The summed E-state index contributed by atoms with van der Waals surface area (Å²) in [6.45, 7) is 8.64. The van der Waals surface area contributed by atoms with Crippen LogP contribution >= 0.6 is 18.9 Å². The number of halogens is 7. The standard InChI is InChI=1S/C19H27ClF6O2P.Pd/c1-16(2,3)29(12-20,17(4,5)6)15-8-13(27-10-18(21,22)23)7-14(9-15)28-11-19(24,25)26;/h7-9,12,29H,10-11H2,1-6H3;. The van der Waals surface area contributed by atoms with E-state index in [2.05, 4.69) is 19.2 Å². The van der Waals surface area contributed by atoms with Gasteiger partial charge in [-0.3, -0.25) is 0 Å². The van der Waals surface area contributed by atoms with E-state index in [9.17, 15) is 26.3 Å². The molecule has 1 atom stereocenters. The third kappa shape index (κ3) is 6.89. The zero-order valence-electron chi connectivity index (χ0n) is 17.5. The van der Waals surface area contributed by atoms with Gasteiger partial charge in [0.15, 0.2) is 0 Å². The molecule has 0 spiro atoms. The molecule has 1 unspecified atom stereocenters. The Morgan fingerprint density at radius 3 is 1.37 bits per heavy atom. The van der Waals surface area contributed by atoms with E-state index in [4.69, 9.17) is 21.1 Å². The Kier molecular flexibility index (Phi) is 8.66. The third-order valence-electron chi connectivity index (χ3n) is 4.81. The van der Waals surface area contributed by atoms with Crippen LogP contribution in [0.15, 0.2) is 18.2 Å². The summed E-state index contributed by atoms with van der Waals surface area (Å²) in [4.78, 5) is 0. The van der Waals surface area contributed by atoms with Crippen molar-refractivity contribution in [2.75, 3.05) is 13.2 Å². The maximum atomic E-state index is 12.7. The molecule has 0 heterocycles. The van der Waals surface area contributed by atoms with Crippen molar-refractivity contribution in [1.82, 2.24) is 0 Å². The van der Waals surface area contributed by atoms with Crippen molar-refractivity contribution in [3.8, 4) is 11.5 Å². The van der Waals surface area contributed by atoms with Crippen LogP contribution in [-0.2, 0) is 19.2 Å². The number of rotatable bonds is 6. The summed E-state index contributed by atoms with van der Waals surface area (Å²) in [6, 6.07) is 3.92. The molecule has 30 heavy (non-hydrogen) atoms. The van der Waals surface area contributed by atoms with E-state index in [0.29, 0.717) is 5.30 Å². The Hall–Kier alpha value is -0.218. The summed E-state index contributed by atoms with van der Waals surface area (Å²) < 4.78 is 85.2. The Labute approximate surface area is 189 Å². The normalized spacial score (nSPS) is 15.7. The third-order valence-corrected chi connectivity index (χ3v) is 14.3. The molecule has 1 rings (SSSR count). The molecule has 2 nitrogen and oxygen atoms in total. The van der Waals surface area contributed by atoms with Crippen LogP contribution in [0.2, 0.25) is 0 Å². The quantitative estimate of drug-likeness (QED) is 0.165. The van der Waals surface area contributed by atoms with Gasteiger partial charge in [0.25, 0.3) is 0 Å². The molecule has 0 bridgehead atoms. The van der Waals surface area contributed by atoms with Gasteiger partial charge >= 0.3 is 190 Å². The molecule has 0 fully saturated rings. The second kappa shape index (κ2) is 9.34. The SMILES string of the molecule is CC(C)(C)[PH](c1cc(OCC(F)(F)F)cc(OCC(F)(F)F)c1)([CH](Cl)[Pd])C(C)(C)C.